The van der Waals surface area contributed by atoms with Crippen molar-refractivity contribution in [3.63, 3.8) is 0 Å². The zero-order valence-electron chi connectivity index (χ0n) is 10.8. The Hall–Kier alpha value is -2.03. The normalized spacial score (nSPS) is 15.9. The van der Waals surface area contributed by atoms with Crippen LogP contribution in [0.15, 0.2) is 48.5 Å². The number of hydrogen-bond donors (Lipinski definition) is 1. The second kappa shape index (κ2) is 4.57. The summed E-state index contributed by atoms with van der Waals surface area (Å²) in [5, 5.41) is 3.44. The summed E-state index contributed by atoms with van der Waals surface area (Å²) < 4.78 is 18.6. The smallest absolute Gasteiger partial charge is 0.167 e. The van der Waals surface area contributed by atoms with Gasteiger partial charge in [0.15, 0.2) is 11.6 Å². The van der Waals surface area contributed by atoms with Crippen LogP contribution in [0.25, 0.3) is 0 Å². The fraction of sp³-hybridized carbons (Fsp3) is 0.250. The largest absolute Gasteiger partial charge is 0.494 e. The van der Waals surface area contributed by atoms with Crippen LogP contribution < -0.4 is 10.1 Å². The lowest BCUT2D eigenvalue weighted by molar-refractivity contribution is 0.386. The van der Waals surface area contributed by atoms with Crippen molar-refractivity contribution in [1.82, 2.24) is 0 Å². The van der Waals surface area contributed by atoms with Gasteiger partial charge in [-0.15, -0.1) is 0 Å². The number of benzene rings is 2. The zero-order valence-corrected chi connectivity index (χ0v) is 10.8. The Kier molecular flexibility index (Phi) is 2.90. The van der Waals surface area contributed by atoms with Crippen LogP contribution in [0.5, 0.6) is 5.75 Å². The molecule has 19 heavy (non-hydrogen) atoms. The summed E-state index contributed by atoms with van der Waals surface area (Å²) >= 11 is 0. The van der Waals surface area contributed by atoms with E-state index in [-0.39, 0.29) is 17.1 Å². The van der Waals surface area contributed by atoms with Gasteiger partial charge in [0.2, 0.25) is 0 Å². The molecule has 0 unspecified atom stereocenters. The molecule has 1 saturated carbocycles. The minimum absolute atomic E-state index is 0.0255. The zero-order chi connectivity index (χ0) is 13.3. The van der Waals surface area contributed by atoms with E-state index in [1.807, 2.05) is 24.3 Å². The van der Waals surface area contributed by atoms with Crippen LogP contribution in [0.4, 0.5) is 10.1 Å². The van der Waals surface area contributed by atoms with E-state index in [2.05, 4.69) is 17.4 Å². The third-order valence-corrected chi connectivity index (χ3v) is 3.61. The Bertz CT molecular complexity index is 579. The number of hydrogen-bond acceptors (Lipinski definition) is 2. The van der Waals surface area contributed by atoms with Gasteiger partial charge in [0, 0.05) is 11.8 Å². The van der Waals surface area contributed by atoms with Gasteiger partial charge in [0.25, 0.3) is 0 Å². The Morgan fingerprint density at radius 2 is 1.84 bits per heavy atom. The molecule has 1 fully saturated rings. The summed E-state index contributed by atoms with van der Waals surface area (Å²) in [6, 6.07) is 15.3. The van der Waals surface area contributed by atoms with E-state index in [1.54, 1.807) is 6.07 Å². The maximum Gasteiger partial charge on any atom is 0.167 e. The fourth-order valence-corrected chi connectivity index (χ4v) is 2.39. The molecule has 1 aliphatic rings. The van der Waals surface area contributed by atoms with E-state index in [4.69, 9.17) is 4.74 Å². The molecule has 0 radical (unpaired) electrons. The first-order valence-electron chi connectivity index (χ1n) is 6.41. The second-order valence-corrected chi connectivity index (χ2v) is 4.92. The summed E-state index contributed by atoms with van der Waals surface area (Å²) in [7, 11) is 1.47. The molecule has 0 atom stereocenters. The SMILES string of the molecule is COc1ccc(NC2(c3ccccc3)CC2)cc1F. The van der Waals surface area contributed by atoms with E-state index in [0.29, 0.717) is 0 Å². The van der Waals surface area contributed by atoms with Gasteiger partial charge in [0.05, 0.1) is 12.6 Å². The molecule has 0 saturated heterocycles. The molecule has 2 nitrogen and oxygen atoms in total. The van der Waals surface area contributed by atoms with Crippen molar-refractivity contribution < 1.29 is 9.13 Å². The standard InChI is InChI=1S/C16H16FNO/c1-19-15-8-7-13(11-14(15)17)18-16(9-10-16)12-5-3-2-4-6-12/h2-8,11,18H,9-10H2,1H3. The minimum Gasteiger partial charge on any atom is -0.494 e. The topological polar surface area (TPSA) is 21.3 Å². The summed E-state index contributed by atoms with van der Waals surface area (Å²) in [6.07, 6.45) is 2.15. The molecule has 1 aliphatic carbocycles. The van der Waals surface area contributed by atoms with Gasteiger partial charge >= 0.3 is 0 Å². The lowest BCUT2D eigenvalue weighted by Gasteiger charge is -2.19. The molecule has 0 aliphatic heterocycles. The van der Waals surface area contributed by atoms with Crippen molar-refractivity contribution in [2.45, 2.75) is 18.4 Å². The van der Waals surface area contributed by atoms with Crippen LogP contribution in [0.1, 0.15) is 18.4 Å². The van der Waals surface area contributed by atoms with Crippen molar-refractivity contribution in [2.75, 3.05) is 12.4 Å². The number of ether oxygens (including phenoxy) is 1. The maximum absolute atomic E-state index is 13.7. The first-order valence-corrected chi connectivity index (χ1v) is 6.41. The molecule has 0 heterocycles. The van der Waals surface area contributed by atoms with Gasteiger partial charge < -0.3 is 10.1 Å². The minimum atomic E-state index is -0.337. The number of methoxy groups -OCH3 is 1. The van der Waals surface area contributed by atoms with E-state index >= 15 is 0 Å². The van der Waals surface area contributed by atoms with Crippen LogP contribution in [0.2, 0.25) is 0 Å². The maximum atomic E-state index is 13.7. The summed E-state index contributed by atoms with van der Waals surface area (Å²) in [5.74, 6) is -0.0635. The number of halogens is 1. The Labute approximate surface area is 112 Å². The third kappa shape index (κ3) is 2.28. The summed E-state index contributed by atoms with van der Waals surface area (Å²) in [4.78, 5) is 0. The first-order chi connectivity index (χ1) is 9.23. The molecular weight excluding hydrogens is 241 g/mol. The molecule has 0 bridgehead atoms. The van der Waals surface area contributed by atoms with Crippen LogP contribution in [0, 0.1) is 5.82 Å². The number of nitrogens with one attached hydrogen (secondary N) is 1. The molecule has 2 aromatic carbocycles. The molecule has 98 valence electrons. The molecule has 2 aromatic rings. The van der Waals surface area contributed by atoms with Crippen molar-refractivity contribution in [2.24, 2.45) is 0 Å². The predicted octanol–water partition coefficient (Wildman–Crippen LogP) is 3.94. The quantitative estimate of drug-likeness (QED) is 0.895. The summed E-state index contributed by atoms with van der Waals surface area (Å²) in [6.45, 7) is 0. The Balaban J connectivity index is 1.84. The Morgan fingerprint density at radius 1 is 1.11 bits per heavy atom. The molecular formula is C16H16FNO. The predicted molar refractivity (Wildman–Crippen MR) is 73.9 cm³/mol. The molecule has 0 spiro atoms. The Morgan fingerprint density at radius 3 is 2.42 bits per heavy atom. The van der Waals surface area contributed by atoms with Crippen molar-refractivity contribution in [3.8, 4) is 5.75 Å². The highest BCUT2D eigenvalue weighted by atomic mass is 19.1. The van der Waals surface area contributed by atoms with Crippen LogP contribution in [-0.4, -0.2) is 7.11 Å². The van der Waals surface area contributed by atoms with Gasteiger partial charge in [0.1, 0.15) is 0 Å². The van der Waals surface area contributed by atoms with E-state index in [9.17, 15) is 4.39 Å². The molecule has 3 heteroatoms. The van der Waals surface area contributed by atoms with E-state index < -0.39 is 0 Å². The van der Waals surface area contributed by atoms with Gasteiger partial charge in [-0.2, -0.15) is 0 Å². The van der Waals surface area contributed by atoms with Gasteiger partial charge in [-0.3, -0.25) is 0 Å². The van der Waals surface area contributed by atoms with E-state index in [1.165, 1.54) is 18.7 Å². The average molecular weight is 257 g/mol. The van der Waals surface area contributed by atoms with Crippen LogP contribution >= 0.6 is 0 Å². The lowest BCUT2D eigenvalue weighted by atomic mass is 10.0. The summed E-state index contributed by atoms with van der Waals surface area (Å²) in [5.41, 5.74) is 2.02. The van der Waals surface area contributed by atoms with Gasteiger partial charge in [-0.05, 0) is 30.5 Å². The third-order valence-electron chi connectivity index (χ3n) is 3.61. The number of anilines is 1. The van der Waals surface area contributed by atoms with Gasteiger partial charge in [-0.25, -0.2) is 4.39 Å². The highest BCUT2D eigenvalue weighted by Gasteiger charge is 2.44. The lowest BCUT2D eigenvalue weighted by Crippen LogP contribution is -2.18. The molecule has 1 N–H and O–H groups in total. The molecule has 0 aromatic heterocycles. The monoisotopic (exact) mass is 257 g/mol. The average Bonchev–Trinajstić information content (AvgIpc) is 3.21. The molecule has 3 rings (SSSR count). The van der Waals surface area contributed by atoms with Crippen LogP contribution in [-0.2, 0) is 5.54 Å². The van der Waals surface area contributed by atoms with Crippen molar-refractivity contribution >= 4 is 5.69 Å². The number of rotatable bonds is 4. The molecule has 0 amide bonds. The highest BCUT2D eigenvalue weighted by molar-refractivity contribution is 5.53. The van der Waals surface area contributed by atoms with Crippen molar-refractivity contribution in [1.29, 1.82) is 0 Å². The highest BCUT2D eigenvalue weighted by Crippen LogP contribution is 2.48. The first kappa shape index (κ1) is 12.0. The second-order valence-electron chi connectivity index (χ2n) is 4.92. The van der Waals surface area contributed by atoms with Gasteiger partial charge in [-0.1, -0.05) is 30.3 Å². The van der Waals surface area contributed by atoms with E-state index in [0.717, 1.165) is 18.5 Å². The fourth-order valence-electron chi connectivity index (χ4n) is 2.39. The van der Waals surface area contributed by atoms with Crippen LogP contribution in [0.3, 0.4) is 0 Å². The van der Waals surface area contributed by atoms with Crippen molar-refractivity contribution in [3.05, 3.63) is 59.9 Å².